The van der Waals surface area contributed by atoms with E-state index in [1.54, 1.807) is 24.3 Å². The maximum Gasteiger partial charge on any atom is 0.256 e. The molecule has 1 amide bonds. The molecular formula is C26H23FN4O. The first-order valence-electron chi connectivity index (χ1n) is 10.9. The number of carbonyl (C=O) groups excluding carboxylic acids is 1. The first-order valence-corrected chi connectivity index (χ1v) is 10.9. The number of nitrogens with one attached hydrogen (secondary N) is 1. The molecule has 1 aliphatic heterocycles. The molecule has 6 heteroatoms. The lowest BCUT2D eigenvalue weighted by atomic mass is 9.99. The molecule has 0 saturated carbocycles. The summed E-state index contributed by atoms with van der Waals surface area (Å²) in [5.74, 6) is 0.821. The Balaban J connectivity index is 1.47. The van der Waals surface area contributed by atoms with Gasteiger partial charge in [-0.1, -0.05) is 55.0 Å². The normalized spacial score (nSPS) is 13.3. The molecule has 1 aromatic heterocycles. The van der Waals surface area contributed by atoms with Gasteiger partial charge in [0.05, 0.1) is 5.69 Å². The van der Waals surface area contributed by atoms with Gasteiger partial charge in [-0.3, -0.25) is 4.79 Å². The quantitative estimate of drug-likeness (QED) is 0.453. The van der Waals surface area contributed by atoms with Gasteiger partial charge in [-0.2, -0.15) is 0 Å². The number of hydrogen-bond acceptors (Lipinski definition) is 3. The highest BCUT2D eigenvalue weighted by Crippen LogP contribution is 2.28. The monoisotopic (exact) mass is 426 g/mol. The fourth-order valence-corrected chi connectivity index (χ4v) is 4.20. The number of benzene rings is 3. The molecule has 1 N–H and O–H groups in total. The smallest absolute Gasteiger partial charge is 0.256 e. The Morgan fingerprint density at radius 3 is 2.56 bits per heavy atom. The second-order valence-corrected chi connectivity index (χ2v) is 7.96. The Hall–Kier alpha value is -3.80. The van der Waals surface area contributed by atoms with Gasteiger partial charge in [-0.25, -0.2) is 4.39 Å². The molecule has 0 bridgehead atoms. The maximum atomic E-state index is 14.7. The van der Waals surface area contributed by atoms with E-state index in [-0.39, 0.29) is 11.6 Å². The number of hydrogen-bond donors (Lipinski definition) is 1. The van der Waals surface area contributed by atoms with Crippen LogP contribution in [0.1, 0.15) is 35.4 Å². The van der Waals surface area contributed by atoms with Crippen LogP contribution in [-0.4, -0.2) is 20.7 Å². The largest absolute Gasteiger partial charge is 0.319 e. The fraction of sp³-hybridized carbons (Fsp3) is 0.192. The summed E-state index contributed by atoms with van der Waals surface area (Å²) in [7, 11) is 0. The van der Waals surface area contributed by atoms with Crippen molar-refractivity contribution >= 4 is 11.6 Å². The molecule has 160 valence electrons. The van der Waals surface area contributed by atoms with E-state index in [4.69, 9.17) is 0 Å². The number of aryl methyl sites for hydroxylation is 1. The van der Waals surface area contributed by atoms with Crippen LogP contribution in [0.25, 0.3) is 22.5 Å². The summed E-state index contributed by atoms with van der Waals surface area (Å²) >= 11 is 0. The van der Waals surface area contributed by atoms with Crippen molar-refractivity contribution in [3.8, 4) is 22.5 Å². The van der Waals surface area contributed by atoms with Crippen molar-refractivity contribution in [2.24, 2.45) is 0 Å². The van der Waals surface area contributed by atoms with Gasteiger partial charge in [0.15, 0.2) is 5.82 Å². The average molecular weight is 426 g/mol. The van der Waals surface area contributed by atoms with E-state index in [1.165, 1.54) is 6.07 Å². The van der Waals surface area contributed by atoms with Gasteiger partial charge in [-0.05, 0) is 48.2 Å². The number of fused-ring (bicyclic) bond motifs is 1. The van der Waals surface area contributed by atoms with Gasteiger partial charge < -0.3 is 9.88 Å². The van der Waals surface area contributed by atoms with Crippen molar-refractivity contribution in [2.45, 2.75) is 32.2 Å². The highest BCUT2D eigenvalue weighted by atomic mass is 19.1. The van der Waals surface area contributed by atoms with Gasteiger partial charge in [0, 0.05) is 24.1 Å². The molecule has 0 aliphatic carbocycles. The molecule has 4 aromatic rings. The molecule has 2 heterocycles. The zero-order valence-electron chi connectivity index (χ0n) is 17.6. The lowest BCUT2D eigenvalue weighted by Crippen LogP contribution is -2.14. The second-order valence-electron chi connectivity index (χ2n) is 7.96. The Kier molecular flexibility index (Phi) is 5.50. The van der Waals surface area contributed by atoms with Crippen LogP contribution in [0.4, 0.5) is 10.1 Å². The van der Waals surface area contributed by atoms with Crippen molar-refractivity contribution in [1.29, 1.82) is 0 Å². The predicted octanol–water partition coefficient (Wildman–Crippen LogP) is 5.73. The Morgan fingerprint density at radius 2 is 1.69 bits per heavy atom. The zero-order valence-corrected chi connectivity index (χ0v) is 17.6. The lowest BCUT2D eigenvalue weighted by Gasteiger charge is -2.12. The summed E-state index contributed by atoms with van der Waals surface area (Å²) in [5.41, 5.74) is 3.07. The predicted molar refractivity (Wildman–Crippen MR) is 123 cm³/mol. The van der Waals surface area contributed by atoms with Gasteiger partial charge in [0.1, 0.15) is 11.6 Å². The van der Waals surface area contributed by atoms with E-state index in [1.807, 2.05) is 42.5 Å². The molecule has 0 unspecified atom stereocenters. The van der Waals surface area contributed by atoms with Crippen molar-refractivity contribution in [2.75, 3.05) is 5.32 Å². The number of aromatic nitrogens is 3. The number of nitrogens with zero attached hydrogens (tertiary/aromatic N) is 3. The molecule has 0 spiro atoms. The van der Waals surface area contributed by atoms with Crippen LogP contribution < -0.4 is 5.32 Å². The summed E-state index contributed by atoms with van der Waals surface area (Å²) < 4.78 is 16.8. The number of carbonyl (C=O) groups is 1. The number of rotatable bonds is 4. The minimum Gasteiger partial charge on any atom is -0.319 e. The molecule has 0 atom stereocenters. The van der Waals surface area contributed by atoms with E-state index in [0.717, 1.165) is 54.7 Å². The summed E-state index contributed by atoms with van der Waals surface area (Å²) in [6.07, 6.45) is 4.23. The number of halogens is 1. The van der Waals surface area contributed by atoms with E-state index in [0.29, 0.717) is 11.4 Å². The minimum atomic E-state index is -0.491. The van der Waals surface area contributed by atoms with Crippen LogP contribution in [0, 0.1) is 5.82 Å². The van der Waals surface area contributed by atoms with E-state index in [2.05, 4.69) is 20.1 Å². The number of anilines is 1. The maximum absolute atomic E-state index is 14.7. The summed E-state index contributed by atoms with van der Waals surface area (Å²) in [5, 5.41) is 11.4. The Bertz CT molecular complexity index is 1270. The molecule has 32 heavy (non-hydrogen) atoms. The molecule has 1 aliphatic rings. The minimum absolute atomic E-state index is 0.126. The zero-order chi connectivity index (χ0) is 21.9. The molecular weight excluding hydrogens is 403 g/mol. The Morgan fingerprint density at radius 1 is 0.875 bits per heavy atom. The van der Waals surface area contributed by atoms with Crippen LogP contribution in [-0.2, 0) is 13.0 Å². The first-order chi connectivity index (χ1) is 15.7. The average Bonchev–Trinajstić information content (AvgIpc) is 3.09. The lowest BCUT2D eigenvalue weighted by molar-refractivity contribution is 0.102. The molecule has 0 saturated heterocycles. The van der Waals surface area contributed by atoms with Crippen LogP contribution in [0.5, 0.6) is 0 Å². The topological polar surface area (TPSA) is 59.8 Å². The van der Waals surface area contributed by atoms with Crippen molar-refractivity contribution < 1.29 is 9.18 Å². The van der Waals surface area contributed by atoms with Gasteiger partial charge in [-0.15, -0.1) is 10.2 Å². The third-order valence-electron chi connectivity index (χ3n) is 5.84. The van der Waals surface area contributed by atoms with Gasteiger partial charge in [0.2, 0.25) is 0 Å². The highest BCUT2D eigenvalue weighted by Gasteiger charge is 2.19. The second kappa shape index (κ2) is 8.75. The van der Waals surface area contributed by atoms with E-state index in [9.17, 15) is 9.18 Å². The summed E-state index contributed by atoms with van der Waals surface area (Å²) in [4.78, 5) is 13.1. The van der Waals surface area contributed by atoms with E-state index >= 15 is 0 Å². The SMILES string of the molecule is O=C(Nc1cc(-c2nnc3n2CCCCC3)ccc1F)c1ccccc1-c1ccccc1. The van der Waals surface area contributed by atoms with Crippen molar-refractivity contribution in [1.82, 2.24) is 14.8 Å². The fourth-order valence-electron chi connectivity index (χ4n) is 4.20. The molecule has 5 nitrogen and oxygen atoms in total. The van der Waals surface area contributed by atoms with Crippen molar-refractivity contribution in [3.63, 3.8) is 0 Å². The van der Waals surface area contributed by atoms with Crippen LogP contribution >= 0.6 is 0 Å². The third kappa shape index (κ3) is 3.91. The summed E-state index contributed by atoms with van der Waals surface area (Å²) in [6.45, 7) is 0.848. The standard InChI is InChI=1S/C26H23FN4O/c27-22-15-14-19(25-30-29-24-13-5-2-8-16-31(24)25)17-23(22)28-26(32)21-12-7-6-11-20(21)18-9-3-1-4-10-18/h1,3-4,6-7,9-12,14-15,17H,2,5,8,13,16H2,(H,28,32). The van der Waals surface area contributed by atoms with Gasteiger partial charge >= 0.3 is 0 Å². The molecule has 0 fully saturated rings. The molecule has 3 aromatic carbocycles. The van der Waals surface area contributed by atoms with Crippen LogP contribution in [0.3, 0.4) is 0 Å². The van der Waals surface area contributed by atoms with Crippen LogP contribution in [0.15, 0.2) is 72.8 Å². The molecule has 0 radical (unpaired) electrons. The Labute approximate surface area is 185 Å². The number of amides is 1. The van der Waals surface area contributed by atoms with Gasteiger partial charge in [0.25, 0.3) is 5.91 Å². The highest BCUT2D eigenvalue weighted by molar-refractivity contribution is 6.09. The van der Waals surface area contributed by atoms with Crippen molar-refractivity contribution in [3.05, 3.63) is 90.0 Å². The third-order valence-corrected chi connectivity index (χ3v) is 5.84. The summed E-state index contributed by atoms with van der Waals surface area (Å²) in [6, 6.07) is 21.7. The first kappa shape index (κ1) is 20.1. The van der Waals surface area contributed by atoms with E-state index < -0.39 is 5.82 Å². The molecule has 5 rings (SSSR count). The van der Waals surface area contributed by atoms with Crippen LogP contribution in [0.2, 0.25) is 0 Å².